The normalized spacial score (nSPS) is 10.5. The summed E-state index contributed by atoms with van der Waals surface area (Å²) in [5, 5.41) is 14.6. The summed E-state index contributed by atoms with van der Waals surface area (Å²) in [4.78, 5) is 10.2. The van der Waals surface area contributed by atoms with Gasteiger partial charge in [0, 0.05) is 18.4 Å². The highest BCUT2D eigenvalue weighted by molar-refractivity contribution is 5.59. The Bertz CT molecular complexity index is 741. The van der Waals surface area contributed by atoms with Crippen LogP contribution >= 0.6 is 0 Å². The molecule has 1 aromatic carbocycles. The third-order valence-electron chi connectivity index (χ3n) is 3.09. The highest BCUT2D eigenvalue weighted by Gasteiger charge is 2.02. The van der Waals surface area contributed by atoms with Gasteiger partial charge in [-0.3, -0.25) is 0 Å². The average molecular weight is 310 g/mol. The lowest BCUT2D eigenvalue weighted by atomic mass is 10.3. The smallest absolute Gasteiger partial charge is 0.224 e. The first-order valence-corrected chi connectivity index (χ1v) is 7.36. The maximum Gasteiger partial charge on any atom is 0.224 e. The van der Waals surface area contributed by atoms with Crippen molar-refractivity contribution in [1.82, 2.24) is 25.0 Å². The van der Waals surface area contributed by atoms with E-state index in [4.69, 9.17) is 5.73 Å². The quantitative estimate of drug-likeness (QED) is 0.568. The van der Waals surface area contributed by atoms with E-state index in [1.54, 1.807) is 23.4 Å². The van der Waals surface area contributed by atoms with Crippen LogP contribution in [0.5, 0.6) is 0 Å². The van der Waals surface area contributed by atoms with Crippen molar-refractivity contribution < 1.29 is 0 Å². The molecule has 0 aliphatic carbocycles. The molecule has 2 aromatic heterocycles. The molecule has 2 heterocycles. The van der Waals surface area contributed by atoms with E-state index in [1.165, 1.54) is 0 Å². The summed E-state index contributed by atoms with van der Waals surface area (Å²) in [6.07, 6.45) is 5.87. The predicted octanol–water partition coefficient (Wildman–Crippen LogP) is 1.56. The third-order valence-corrected chi connectivity index (χ3v) is 3.09. The second-order valence-electron chi connectivity index (χ2n) is 4.83. The number of hydrogen-bond acceptors (Lipinski definition) is 7. The zero-order valence-corrected chi connectivity index (χ0v) is 12.6. The second-order valence-corrected chi connectivity index (χ2v) is 4.83. The summed E-state index contributed by atoms with van der Waals surface area (Å²) in [7, 11) is 0. The standard InChI is InChI=1S/C15H18N8/c16-6-2-7-17-15-18-8-5-14(22-15)21-12-3-1-4-13(11-12)23-19-9-10-20-23/h1,3-5,8-11H,2,6-7,16H2,(H2,17,18,21,22). The van der Waals surface area contributed by atoms with Crippen LogP contribution in [0.2, 0.25) is 0 Å². The second kappa shape index (κ2) is 7.32. The van der Waals surface area contributed by atoms with Gasteiger partial charge in [-0.15, -0.1) is 0 Å². The average Bonchev–Trinajstić information content (AvgIpc) is 3.10. The Morgan fingerprint density at radius 2 is 1.96 bits per heavy atom. The Kier molecular flexibility index (Phi) is 4.75. The highest BCUT2D eigenvalue weighted by atomic mass is 15.5. The maximum absolute atomic E-state index is 5.47. The molecule has 0 fully saturated rings. The number of anilines is 3. The summed E-state index contributed by atoms with van der Waals surface area (Å²) < 4.78 is 0. The van der Waals surface area contributed by atoms with Gasteiger partial charge < -0.3 is 16.4 Å². The molecule has 0 bridgehead atoms. The fourth-order valence-corrected chi connectivity index (χ4v) is 2.02. The van der Waals surface area contributed by atoms with Crippen LogP contribution in [0.4, 0.5) is 17.5 Å². The molecule has 0 aliphatic heterocycles. The summed E-state index contributed by atoms with van der Waals surface area (Å²) in [6, 6.07) is 9.58. The Hall–Kier alpha value is -3.00. The molecule has 8 nitrogen and oxygen atoms in total. The Balaban J connectivity index is 1.72. The van der Waals surface area contributed by atoms with Crippen molar-refractivity contribution in [2.45, 2.75) is 6.42 Å². The molecule has 3 aromatic rings. The van der Waals surface area contributed by atoms with Crippen LogP contribution in [0.25, 0.3) is 5.69 Å². The molecule has 0 atom stereocenters. The van der Waals surface area contributed by atoms with Crippen LogP contribution in [-0.4, -0.2) is 38.1 Å². The lowest BCUT2D eigenvalue weighted by molar-refractivity contribution is 0.752. The van der Waals surface area contributed by atoms with Crippen LogP contribution < -0.4 is 16.4 Å². The van der Waals surface area contributed by atoms with Gasteiger partial charge in [0.1, 0.15) is 5.82 Å². The lowest BCUT2D eigenvalue weighted by Crippen LogP contribution is -2.10. The molecule has 0 saturated heterocycles. The van der Waals surface area contributed by atoms with Gasteiger partial charge in [-0.2, -0.15) is 20.0 Å². The zero-order chi connectivity index (χ0) is 15.9. The van der Waals surface area contributed by atoms with E-state index in [0.29, 0.717) is 18.3 Å². The molecule has 0 radical (unpaired) electrons. The molecule has 4 N–H and O–H groups in total. The topological polar surface area (TPSA) is 107 Å². The molecule has 0 unspecified atom stereocenters. The van der Waals surface area contributed by atoms with E-state index in [1.807, 2.05) is 30.3 Å². The van der Waals surface area contributed by atoms with E-state index >= 15 is 0 Å². The fraction of sp³-hybridized carbons (Fsp3) is 0.200. The summed E-state index contributed by atoms with van der Waals surface area (Å²) in [5.74, 6) is 1.29. The molecular weight excluding hydrogens is 292 g/mol. The number of nitrogens with two attached hydrogens (primary N) is 1. The van der Waals surface area contributed by atoms with E-state index in [-0.39, 0.29) is 0 Å². The zero-order valence-electron chi connectivity index (χ0n) is 12.6. The van der Waals surface area contributed by atoms with Crippen molar-refractivity contribution in [3.8, 4) is 5.69 Å². The summed E-state index contributed by atoms with van der Waals surface area (Å²) >= 11 is 0. The molecule has 0 saturated carbocycles. The molecule has 8 heteroatoms. The fourth-order valence-electron chi connectivity index (χ4n) is 2.02. The lowest BCUT2D eigenvalue weighted by Gasteiger charge is -2.09. The molecule has 23 heavy (non-hydrogen) atoms. The van der Waals surface area contributed by atoms with Crippen molar-refractivity contribution >= 4 is 17.5 Å². The largest absolute Gasteiger partial charge is 0.354 e. The van der Waals surface area contributed by atoms with Crippen molar-refractivity contribution in [3.05, 3.63) is 48.9 Å². The van der Waals surface area contributed by atoms with Crippen LogP contribution in [0.15, 0.2) is 48.9 Å². The molecule has 0 amide bonds. The minimum Gasteiger partial charge on any atom is -0.354 e. The van der Waals surface area contributed by atoms with Gasteiger partial charge in [0.2, 0.25) is 5.95 Å². The Labute approximate surface area is 133 Å². The van der Waals surface area contributed by atoms with Gasteiger partial charge in [-0.1, -0.05) is 6.07 Å². The van der Waals surface area contributed by atoms with Crippen molar-refractivity contribution in [2.24, 2.45) is 5.73 Å². The maximum atomic E-state index is 5.47. The minimum atomic E-state index is 0.577. The minimum absolute atomic E-state index is 0.577. The molecule has 0 spiro atoms. The number of nitrogens with zero attached hydrogens (tertiary/aromatic N) is 5. The van der Waals surface area contributed by atoms with Crippen molar-refractivity contribution in [3.63, 3.8) is 0 Å². The number of benzene rings is 1. The molecule has 118 valence electrons. The monoisotopic (exact) mass is 310 g/mol. The first-order chi connectivity index (χ1) is 11.3. The molecule has 3 rings (SSSR count). The highest BCUT2D eigenvalue weighted by Crippen LogP contribution is 2.18. The van der Waals surface area contributed by atoms with Gasteiger partial charge in [-0.05, 0) is 37.2 Å². The molecule has 0 aliphatic rings. The van der Waals surface area contributed by atoms with Gasteiger partial charge in [0.25, 0.3) is 0 Å². The third kappa shape index (κ3) is 4.01. The number of nitrogens with one attached hydrogen (secondary N) is 2. The number of aromatic nitrogens is 5. The molecular formula is C15H18N8. The summed E-state index contributed by atoms with van der Waals surface area (Å²) in [5.41, 5.74) is 7.24. The first kappa shape index (κ1) is 14.9. The van der Waals surface area contributed by atoms with Crippen LogP contribution in [0, 0.1) is 0 Å². The summed E-state index contributed by atoms with van der Waals surface area (Å²) in [6.45, 7) is 1.39. The van der Waals surface area contributed by atoms with Gasteiger partial charge in [0.15, 0.2) is 0 Å². The van der Waals surface area contributed by atoms with Gasteiger partial charge in [0.05, 0.1) is 18.1 Å². The van der Waals surface area contributed by atoms with Crippen LogP contribution in [0.3, 0.4) is 0 Å². The van der Waals surface area contributed by atoms with E-state index in [0.717, 1.165) is 24.3 Å². The first-order valence-electron chi connectivity index (χ1n) is 7.36. The number of rotatable bonds is 7. The van der Waals surface area contributed by atoms with Crippen molar-refractivity contribution in [2.75, 3.05) is 23.7 Å². The predicted molar refractivity (Wildman–Crippen MR) is 88.8 cm³/mol. The van der Waals surface area contributed by atoms with E-state index < -0.39 is 0 Å². The van der Waals surface area contributed by atoms with E-state index in [2.05, 4.69) is 30.8 Å². The number of hydrogen-bond donors (Lipinski definition) is 3. The van der Waals surface area contributed by atoms with Crippen LogP contribution in [0.1, 0.15) is 6.42 Å². The van der Waals surface area contributed by atoms with Gasteiger partial charge >= 0.3 is 0 Å². The SMILES string of the molecule is NCCCNc1nccc(Nc2cccc(-n3nccn3)c2)n1. The Morgan fingerprint density at radius 1 is 1.09 bits per heavy atom. The Morgan fingerprint density at radius 3 is 2.78 bits per heavy atom. The van der Waals surface area contributed by atoms with Gasteiger partial charge in [-0.25, -0.2) is 4.98 Å². The van der Waals surface area contributed by atoms with Crippen LogP contribution in [-0.2, 0) is 0 Å². The van der Waals surface area contributed by atoms with E-state index in [9.17, 15) is 0 Å². The van der Waals surface area contributed by atoms with Crippen molar-refractivity contribution in [1.29, 1.82) is 0 Å².